The van der Waals surface area contributed by atoms with E-state index in [1.807, 2.05) is 0 Å². The Bertz CT molecular complexity index is 2540. The van der Waals surface area contributed by atoms with E-state index in [1.54, 1.807) is 0 Å². The van der Waals surface area contributed by atoms with E-state index in [9.17, 15) is 55.5 Å². The van der Waals surface area contributed by atoms with Crippen molar-refractivity contribution in [1.29, 1.82) is 0 Å². The summed E-state index contributed by atoms with van der Waals surface area (Å²) in [5.74, 6) is -3.39. The molecule has 54 heavy (non-hydrogen) atoms. The van der Waals surface area contributed by atoms with Gasteiger partial charge in [0.25, 0.3) is 0 Å². The second kappa shape index (κ2) is 13.8. The number of methoxy groups -OCH3 is 1. The molecule has 5 unspecified atom stereocenters. The normalized spacial score (nSPS) is 19.9. The molecule has 0 saturated carbocycles. The Labute approximate surface area is 301 Å². The summed E-state index contributed by atoms with van der Waals surface area (Å²) < 4.78 is 33.9. The third kappa shape index (κ3) is 6.31. The smallest absolute Gasteiger partial charge is 0.239 e. The molecule has 9 N–H and O–H groups in total. The predicted octanol–water partition coefficient (Wildman–Crippen LogP) is 2.74. The second-order valence-electron chi connectivity index (χ2n) is 12.2. The number of phenols is 5. The fraction of sp³-hybridized carbons (Fsp3) is 0.189. The first-order chi connectivity index (χ1) is 25.8. The molecule has 280 valence electrons. The lowest BCUT2D eigenvalue weighted by Crippen LogP contribution is -2.60. The van der Waals surface area contributed by atoms with Crippen molar-refractivity contribution in [1.82, 2.24) is 0 Å². The summed E-state index contributed by atoms with van der Waals surface area (Å²) in [6.07, 6.45) is -7.98. The van der Waals surface area contributed by atoms with Crippen molar-refractivity contribution >= 4 is 21.9 Å². The second-order valence-corrected chi connectivity index (χ2v) is 12.2. The zero-order chi connectivity index (χ0) is 38.6. The monoisotopic (exact) mass is 746 g/mol. The Morgan fingerprint density at radius 2 is 1.33 bits per heavy atom. The minimum absolute atomic E-state index is 0.0667. The van der Waals surface area contributed by atoms with Crippen LogP contribution in [0.1, 0.15) is 0 Å². The Balaban J connectivity index is 1.23. The largest absolute Gasteiger partial charge is 0.507 e. The zero-order valence-electron chi connectivity index (χ0n) is 27.7. The minimum atomic E-state index is -1.76. The summed E-state index contributed by atoms with van der Waals surface area (Å²) in [6, 6.07) is 13.3. The average molecular weight is 747 g/mol. The molecule has 0 bridgehead atoms. The summed E-state index contributed by atoms with van der Waals surface area (Å²) in [7, 11) is 1.21. The maximum absolute atomic E-state index is 13.3. The number of rotatable bonds is 8. The highest BCUT2D eigenvalue weighted by Gasteiger charge is 2.44. The third-order valence-corrected chi connectivity index (χ3v) is 8.70. The van der Waals surface area contributed by atoms with Gasteiger partial charge in [0.1, 0.15) is 75.1 Å². The summed E-state index contributed by atoms with van der Waals surface area (Å²) in [5, 5.41) is 91.5. The quantitative estimate of drug-likeness (QED) is 0.101. The van der Waals surface area contributed by atoms with Crippen molar-refractivity contribution in [2.24, 2.45) is 0 Å². The number of fused-ring (bicyclic) bond motifs is 2. The molecule has 3 heterocycles. The van der Waals surface area contributed by atoms with Crippen LogP contribution in [0.2, 0.25) is 0 Å². The molecule has 6 aromatic rings. The number of hydrogen-bond donors (Lipinski definition) is 9. The van der Waals surface area contributed by atoms with Gasteiger partial charge in [-0.25, -0.2) is 0 Å². The number of phenolic OH excluding ortho intramolecular Hbond substituents is 5. The molecule has 17 nitrogen and oxygen atoms in total. The third-order valence-electron chi connectivity index (χ3n) is 8.70. The summed E-state index contributed by atoms with van der Waals surface area (Å²) in [5.41, 5.74) is -1.44. The van der Waals surface area contributed by atoms with Gasteiger partial charge in [0.2, 0.25) is 17.5 Å². The summed E-state index contributed by atoms with van der Waals surface area (Å²) in [4.78, 5) is 26.5. The molecule has 17 heteroatoms. The first-order valence-corrected chi connectivity index (χ1v) is 16.0. The van der Waals surface area contributed by atoms with Crippen LogP contribution in [-0.4, -0.2) is 90.4 Å². The van der Waals surface area contributed by atoms with Crippen molar-refractivity contribution in [2.45, 2.75) is 30.7 Å². The molecule has 4 aromatic carbocycles. The van der Waals surface area contributed by atoms with Gasteiger partial charge in [-0.1, -0.05) is 0 Å². The van der Waals surface area contributed by atoms with E-state index in [4.69, 9.17) is 27.8 Å². The van der Waals surface area contributed by atoms with Gasteiger partial charge >= 0.3 is 0 Å². The van der Waals surface area contributed by atoms with Gasteiger partial charge in [-0.2, -0.15) is 0 Å². The predicted molar refractivity (Wildman–Crippen MR) is 185 cm³/mol. The first-order valence-electron chi connectivity index (χ1n) is 16.0. The van der Waals surface area contributed by atoms with Gasteiger partial charge in [0.15, 0.2) is 34.2 Å². The molecule has 0 aliphatic carbocycles. The van der Waals surface area contributed by atoms with Gasteiger partial charge in [0.05, 0.1) is 13.7 Å². The van der Waals surface area contributed by atoms with E-state index in [1.165, 1.54) is 49.6 Å². The van der Waals surface area contributed by atoms with E-state index < -0.39 is 71.2 Å². The van der Waals surface area contributed by atoms with Crippen molar-refractivity contribution in [2.75, 3.05) is 13.7 Å². The molecular weight excluding hydrogens is 716 g/mol. The molecule has 0 spiro atoms. The highest BCUT2D eigenvalue weighted by Crippen LogP contribution is 2.41. The molecule has 0 amide bonds. The molecule has 0 radical (unpaired) electrons. The van der Waals surface area contributed by atoms with Crippen LogP contribution >= 0.6 is 0 Å². The Morgan fingerprint density at radius 3 is 2.06 bits per heavy atom. The van der Waals surface area contributed by atoms with Gasteiger partial charge in [-0.05, 0) is 36.4 Å². The Hall–Kier alpha value is -6.50. The first kappa shape index (κ1) is 35.9. The molecule has 5 atom stereocenters. The van der Waals surface area contributed by atoms with Crippen molar-refractivity contribution in [3.63, 3.8) is 0 Å². The van der Waals surface area contributed by atoms with Crippen LogP contribution in [0, 0.1) is 0 Å². The maximum Gasteiger partial charge on any atom is 0.239 e. The molecule has 1 fully saturated rings. The fourth-order valence-electron chi connectivity index (χ4n) is 5.99. The van der Waals surface area contributed by atoms with Crippen molar-refractivity contribution in [3.05, 3.63) is 87.2 Å². The van der Waals surface area contributed by atoms with Crippen LogP contribution in [0.5, 0.6) is 51.7 Å². The number of aromatic hydroxyl groups is 5. The van der Waals surface area contributed by atoms with Crippen molar-refractivity contribution in [3.8, 4) is 74.4 Å². The van der Waals surface area contributed by atoms with Crippen LogP contribution in [0.15, 0.2) is 85.2 Å². The van der Waals surface area contributed by atoms with E-state index in [-0.39, 0.29) is 73.3 Å². The van der Waals surface area contributed by atoms with Crippen LogP contribution in [0.3, 0.4) is 0 Å². The van der Waals surface area contributed by atoms with Crippen LogP contribution in [0.4, 0.5) is 0 Å². The van der Waals surface area contributed by atoms with Crippen LogP contribution < -0.4 is 25.1 Å². The molecular formula is C37H30O17. The SMILES string of the molecule is COc1c(-c2ccc(O)c(O)c2)oc2cc(Oc3cc(-c4cc(=O)c5c(O)cc(OC6OC(CO)C(O)C(O)C6O)cc5o4)ccc3O)cc(O)c2c1=O. The number of benzene rings is 4. The highest BCUT2D eigenvalue weighted by atomic mass is 16.7. The molecule has 1 aliphatic rings. The molecule has 2 aromatic heterocycles. The molecule has 1 saturated heterocycles. The summed E-state index contributed by atoms with van der Waals surface area (Å²) in [6.45, 7) is -0.702. The standard InChI is InChI=1S/C37H30O17/c1-49-36-32(46)30-22(43)8-16(10-27(30)53-35(36)15-3-4-18(39)20(41)6-15)50-25-7-14(2-5-19(25)40)24-12-23(44)29-21(42)9-17(11-26(29)52-24)51-37-34(48)33(47)31(45)28(13-38)54-37/h2-12,28,31,33-34,37-43,45,47-48H,13H2,1H3. The van der Waals surface area contributed by atoms with Crippen molar-refractivity contribution < 1.29 is 73.7 Å². The minimum Gasteiger partial charge on any atom is -0.507 e. The lowest BCUT2D eigenvalue weighted by atomic mass is 9.99. The number of ether oxygens (including phenoxy) is 4. The Morgan fingerprint density at radius 1 is 0.667 bits per heavy atom. The van der Waals surface area contributed by atoms with Gasteiger partial charge in [0, 0.05) is 41.5 Å². The van der Waals surface area contributed by atoms with Gasteiger partial charge in [-0.3, -0.25) is 9.59 Å². The van der Waals surface area contributed by atoms with Crippen LogP contribution in [0.25, 0.3) is 44.6 Å². The maximum atomic E-state index is 13.3. The molecule has 7 rings (SSSR count). The fourth-order valence-corrected chi connectivity index (χ4v) is 5.99. The number of aliphatic hydroxyl groups excluding tert-OH is 4. The van der Waals surface area contributed by atoms with E-state index in [0.717, 1.165) is 24.3 Å². The van der Waals surface area contributed by atoms with E-state index in [0.29, 0.717) is 0 Å². The van der Waals surface area contributed by atoms with E-state index >= 15 is 0 Å². The summed E-state index contributed by atoms with van der Waals surface area (Å²) >= 11 is 0. The zero-order valence-corrected chi connectivity index (χ0v) is 27.7. The van der Waals surface area contributed by atoms with Gasteiger partial charge < -0.3 is 73.7 Å². The van der Waals surface area contributed by atoms with Gasteiger partial charge in [-0.15, -0.1) is 0 Å². The van der Waals surface area contributed by atoms with Crippen LogP contribution in [-0.2, 0) is 4.74 Å². The average Bonchev–Trinajstić information content (AvgIpc) is 3.13. The topological polar surface area (TPSA) is 279 Å². The number of aliphatic hydroxyl groups is 4. The lowest BCUT2D eigenvalue weighted by molar-refractivity contribution is -0.277. The highest BCUT2D eigenvalue weighted by molar-refractivity contribution is 5.89. The molecule has 1 aliphatic heterocycles. The number of hydrogen-bond acceptors (Lipinski definition) is 17. The Kier molecular flexibility index (Phi) is 9.17. The lowest BCUT2D eigenvalue weighted by Gasteiger charge is -2.39. The van der Waals surface area contributed by atoms with E-state index in [2.05, 4.69) is 0 Å².